The first kappa shape index (κ1) is 18.3. The molecule has 0 bridgehead atoms. The Morgan fingerprint density at radius 2 is 1.85 bits per heavy atom. The first-order valence-electron chi connectivity index (χ1n) is 7.93. The van der Waals surface area contributed by atoms with E-state index in [0.717, 1.165) is 11.1 Å². The van der Waals surface area contributed by atoms with Crippen molar-refractivity contribution in [1.29, 1.82) is 0 Å². The highest BCUT2D eigenvalue weighted by atomic mass is 35.5. The minimum Gasteiger partial charge on any atom is -0.462 e. The molecule has 0 spiro atoms. The third-order valence-corrected chi connectivity index (χ3v) is 4.87. The van der Waals surface area contributed by atoms with Crippen molar-refractivity contribution in [2.45, 2.75) is 17.8 Å². The van der Waals surface area contributed by atoms with Gasteiger partial charge in [0, 0.05) is 16.3 Å². The molecule has 3 rings (SSSR count). The molecule has 0 saturated carbocycles. The zero-order valence-electron chi connectivity index (χ0n) is 14.1. The second-order valence-corrected chi connectivity index (χ2v) is 6.77. The molecule has 3 aromatic rings. The van der Waals surface area contributed by atoms with Crippen LogP contribution in [0.4, 0.5) is 0 Å². The van der Waals surface area contributed by atoms with Gasteiger partial charge in [-0.05, 0) is 48.9 Å². The Kier molecular flexibility index (Phi) is 5.80. The van der Waals surface area contributed by atoms with Gasteiger partial charge in [0.05, 0.1) is 12.2 Å². The summed E-state index contributed by atoms with van der Waals surface area (Å²) in [5.41, 5.74) is 2.42. The molecular weight excluding hydrogens is 372 g/mol. The molecule has 2 N–H and O–H groups in total. The van der Waals surface area contributed by atoms with Crippen LogP contribution in [0.2, 0.25) is 5.02 Å². The van der Waals surface area contributed by atoms with Gasteiger partial charge in [-0.1, -0.05) is 35.5 Å². The van der Waals surface area contributed by atoms with Gasteiger partial charge in [-0.3, -0.25) is 0 Å². The van der Waals surface area contributed by atoms with Gasteiger partial charge >= 0.3 is 5.97 Å². The van der Waals surface area contributed by atoms with E-state index in [1.54, 1.807) is 31.2 Å². The quantitative estimate of drug-likeness (QED) is 0.393. The summed E-state index contributed by atoms with van der Waals surface area (Å²) in [6.07, 6.45) is 0. The molecule has 134 valence electrons. The maximum Gasteiger partial charge on any atom is 0.338 e. The maximum absolute atomic E-state index is 11.7. The lowest BCUT2D eigenvalue weighted by Gasteiger charge is -2.05. The molecule has 1 heterocycles. The lowest BCUT2D eigenvalue weighted by molar-refractivity contribution is 0.0526. The molecule has 0 aliphatic heterocycles. The molecule has 0 aliphatic rings. The Balaban J connectivity index is 1.67. The molecule has 6 nitrogen and oxygen atoms in total. The van der Waals surface area contributed by atoms with Gasteiger partial charge < -0.3 is 10.6 Å². The van der Waals surface area contributed by atoms with E-state index < -0.39 is 0 Å². The maximum atomic E-state index is 11.7. The Morgan fingerprint density at radius 1 is 1.15 bits per heavy atom. The van der Waals surface area contributed by atoms with E-state index in [1.165, 1.54) is 16.4 Å². The number of carbonyl (C=O) groups excluding carboxylic acids is 1. The fourth-order valence-electron chi connectivity index (χ4n) is 2.27. The van der Waals surface area contributed by atoms with E-state index in [1.807, 2.05) is 24.3 Å². The summed E-state index contributed by atoms with van der Waals surface area (Å²) in [5, 5.41) is 9.54. The Bertz CT molecular complexity index is 895. The Morgan fingerprint density at radius 3 is 2.50 bits per heavy atom. The molecule has 0 amide bonds. The second-order valence-electron chi connectivity index (χ2n) is 5.39. The molecule has 0 unspecified atom stereocenters. The number of nitrogen functional groups attached to an aromatic ring is 1. The standard InChI is InChI=1S/C18H17ClN4O2S/c1-2-25-17(24)14-5-3-12(4-6-14)11-26-18-22-21-16(23(18)20)13-7-9-15(19)10-8-13/h3-10H,2,11,20H2,1H3. The molecule has 8 heteroatoms. The van der Waals surface area contributed by atoms with Crippen molar-refractivity contribution in [3.63, 3.8) is 0 Å². The van der Waals surface area contributed by atoms with Crippen LogP contribution in [0, 0.1) is 0 Å². The smallest absolute Gasteiger partial charge is 0.338 e. The summed E-state index contributed by atoms with van der Waals surface area (Å²) in [4.78, 5) is 11.7. The summed E-state index contributed by atoms with van der Waals surface area (Å²) in [7, 11) is 0. The van der Waals surface area contributed by atoms with Crippen LogP contribution in [0.25, 0.3) is 11.4 Å². The number of carbonyl (C=O) groups is 1. The van der Waals surface area contributed by atoms with Crippen LogP contribution in [0.5, 0.6) is 0 Å². The van der Waals surface area contributed by atoms with Gasteiger partial charge in [0.15, 0.2) is 5.82 Å². The average Bonchev–Trinajstić information content (AvgIpc) is 3.02. The first-order valence-corrected chi connectivity index (χ1v) is 9.30. The van der Waals surface area contributed by atoms with Crippen molar-refractivity contribution in [2.24, 2.45) is 0 Å². The number of benzene rings is 2. The van der Waals surface area contributed by atoms with Crippen LogP contribution in [0.3, 0.4) is 0 Å². The van der Waals surface area contributed by atoms with Gasteiger partial charge in [-0.2, -0.15) is 0 Å². The number of rotatable bonds is 6. The normalized spacial score (nSPS) is 10.7. The Hall–Kier alpha value is -2.51. The molecule has 0 atom stereocenters. The van der Waals surface area contributed by atoms with Gasteiger partial charge in [-0.25, -0.2) is 9.47 Å². The lowest BCUT2D eigenvalue weighted by Crippen LogP contribution is -2.11. The fourth-order valence-corrected chi connectivity index (χ4v) is 3.21. The fraction of sp³-hybridized carbons (Fsp3) is 0.167. The van der Waals surface area contributed by atoms with Crippen molar-refractivity contribution in [2.75, 3.05) is 12.4 Å². The van der Waals surface area contributed by atoms with E-state index in [9.17, 15) is 4.79 Å². The molecule has 2 aromatic carbocycles. The van der Waals surface area contributed by atoms with E-state index in [-0.39, 0.29) is 5.97 Å². The minimum atomic E-state index is -0.319. The van der Waals surface area contributed by atoms with Gasteiger partial charge in [0.2, 0.25) is 5.16 Å². The summed E-state index contributed by atoms with van der Waals surface area (Å²) < 4.78 is 6.43. The first-order chi connectivity index (χ1) is 12.6. The molecule has 0 radical (unpaired) electrons. The predicted octanol–water partition coefficient (Wildman–Crippen LogP) is 3.78. The highest BCUT2D eigenvalue weighted by Crippen LogP contribution is 2.25. The minimum absolute atomic E-state index is 0.319. The SMILES string of the molecule is CCOC(=O)c1ccc(CSc2nnc(-c3ccc(Cl)cc3)n2N)cc1. The number of thioether (sulfide) groups is 1. The van der Waals surface area contributed by atoms with Crippen LogP contribution < -0.4 is 5.84 Å². The van der Waals surface area contributed by atoms with Gasteiger partial charge in [-0.15, -0.1) is 10.2 Å². The summed E-state index contributed by atoms with van der Waals surface area (Å²) >= 11 is 7.37. The predicted molar refractivity (Wildman–Crippen MR) is 103 cm³/mol. The van der Waals surface area contributed by atoms with Crippen LogP contribution >= 0.6 is 23.4 Å². The largest absolute Gasteiger partial charge is 0.462 e. The van der Waals surface area contributed by atoms with Crippen molar-refractivity contribution < 1.29 is 9.53 Å². The average molecular weight is 389 g/mol. The van der Waals surface area contributed by atoms with Crippen LogP contribution in [0.15, 0.2) is 53.7 Å². The van der Waals surface area contributed by atoms with Crippen LogP contribution in [-0.2, 0) is 10.5 Å². The number of halogens is 1. The number of hydrogen-bond donors (Lipinski definition) is 1. The number of aromatic nitrogens is 3. The monoisotopic (exact) mass is 388 g/mol. The third-order valence-electron chi connectivity index (χ3n) is 3.60. The molecule has 0 fully saturated rings. The zero-order chi connectivity index (χ0) is 18.5. The zero-order valence-corrected chi connectivity index (χ0v) is 15.6. The van der Waals surface area contributed by atoms with Crippen LogP contribution in [-0.4, -0.2) is 27.4 Å². The van der Waals surface area contributed by atoms with Crippen molar-refractivity contribution in [3.05, 3.63) is 64.7 Å². The summed E-state index contributed by atoms with van der Waals surface area (Å²) in [6.45, 7) is 2.14. The van der Waals surface area contributed by atoms with E-state index in [0.29, 0.717) is 33.9 Å². The Labute approximate surface area is 160 Å². The lowest BCUT2D eigenvalue weighted by atomic mass is 10.1. The second kappa shape index (κ2) is 8.25. The third kappa shape index (κ3) is 4.17. The summed E-state index contributed by atoms with van der Waals surface area (Å²) in [6, 6.07) is 14.5. The van der Waals surface area contributed by atoms with Crippen molar-refractivity contribution >= 4 is 29.3 Å². The highest BCUT2D eigenvalue weighted by molar-refractivity contribution is 7.98. The number of ether oxygens (including phenoxy) is 1. The van der Waals surface area contributed by atoms with Gasteiger partial charge in [0.1, 0.15) is 0 Å². The molecule has 26 heavy (non-hydrogen) atoms. The number of esters is 1. The molecular formula is C18H17ClN4O2S. The van der Waals surface area contributed by atoms with Crippen molar-refractivity contribution in [1.82, 2.24) is 14.9 Å². The summed E-state index contributed by atoms with van der Waals surface area (Å²) in [5.74, 6) is 7.02. The van der Waals surface area contributed by atoms with Crippen molar-refractivity contribution in [3.8, 4) is 11.4 Å². The number of nitrogens with two attached hydrogens (primary N) is 1. The van der Waals surface area contributed by atoms with E-state index in [4.69, 9.17) is 22.2 Å². The highest BCUT2D eigenvalue weighted by Gasteiger charge is 2.12. The molecule has 0 saturated heterocycles. The van der Waals surface area contributed by atoms with E-state index in [2.05, 4.69) is 10.2 Å². The van der Waals surface area contributed by atoms with Gasteiger partial charge in [0.25, 0.3) is 0 Å². The van der Waals surface area contributed by atoms with Crippen LogP contribution in [0.1, 0.15) is 22.8 Å². The topological polar surface area (TPSA) is 83.0 Å². The number of hydrogen-bond acceptors (Lipinski definition) is 6. The van der Waals surface area contributed by atoms with E-state index >= 15 is 0 Å². The number of nitrogens with zero attached hydrogens (tertiary/aromatic N) is 3. The molecule has 1 aromatic heterocycles. The molecule has 0 aliphatic carbocycles.